The predicted molar refractivity (Wildman–Crippen MR) is 111 cm³/mol. The van der Waals surface area contributed by atoms with E-state index in [0.29, 0.717) is 26.2 Å². The van der Waals surface area contributed by atoms with Gasteiger partial charge in [-0.15, -0.1) is 0 Å². The summed E-state index contributed by atoms with van der Waals surface area (Å²) in [5, 5.41) is 8.11. The van der Waals surface area contributed by atoms with Gasteiger partial charge >= 0.3 is 6.09 Å². The number of carbonyl (C=O) groups excluding carboxylic acids is 1. The zero-order chi connectivity index (χ0) is 19.9. The molecule has 6 nitrogen and oxygen atoms in total. The van der Waals surface area contributed by atoms with Gasteiger partial charge in [0.2, 0.25) is 0 Å². The van der Waals surface area contributed by atoms with Crippen molar-refractivity contribution in [2.75, 3.05) is 13.1 Å². The standard InChI is InChI=1S/C23H26N4O2/c28-23(29-18-20-9-5-2-6-10-20)26-13-14-27-22(17-26)15-21(25-27)16-24-12-11-19-7-3-1-4-8-19/h1-10,15,24H,11-14,16-18H2. The van der Waals surface area contributed by atoms with E-state index in [1.54, 1.807) is 4.90 Å². The van der Waals surface area contributed by atoms with Crippen molar-refractivity contribution >= 4 is 6.09 Å². The molecule has 0 fully saturated rings. The van der Waals surface area contributed by atoms with E-state index in [9.17, 15) is 4.79 Å². The molecule has 0 unspecified atom stereocenters. The molecular weight excluding hydrogens is 364 g/mol. The summed E-state index contributed by atoms with van der Waals surface area (Å²) in [7, 11) is 0. The highest BCUT2D eigenvalue weighted by Crippen LogP contribution is 2.15. The van der Waals surface area contributed by atoms with Gasteiger partial charge in [0, 0.05) is 13.1 Å². The van der Waals surface area contributed by atoms with E-state index in [2.05, 4.69) is 40.7 Å². The minimum absolute atomic E-state index is 0.274. The Hall–Kier alpha value is -3.12. The van der Waals surface area contributed by atoms with Crippen LogP contribution in [0.1, 0.15) is 22.5 Å². The van der Waals surface area contributed by atoms with E-state index in [1.165, 1.54) is 5.56 Å². The van der Waals surface area contributed by atoms with Crippen molar-refractivity contribution in [3.63, 3.8) is 0 Å². The van der Waals surface area contributed by atoms with Gasteiger partial charge < -0.3 is 15.0 Å². The van der Waals surface area contributed by atoms with E-state index in [0.717, 1.165) is 36.5 Å². The SMILES string of the molecule is O=C(OCc1ccccc1)N1CCn2nc(CNCCc3ccccc3)cc2C1. The molecule has 0 saturated carbocycles. The zero-order valence-corrected chi connectivity index (χ0v) is 16.5. The molecule has 1 aliphatic rings. The molecule has 1 N–H and O–H groups in total. The van der Waals surface area contributed by atoms with Crippen LogP contribution in [0.2, 0.25) is 0 Å². The van der Waals surface area contributed by atoms with Gasteiger partial charge in [-0.2, -0.15) is 5.10 Å². The Morgan fingerprint density at radius 1 is 1.00 bits per heavy atom. The molecule has 0 saturated heterocycles. The summed E-state index contributed by atoms with van der Waals surface area (Å²) < 4.78 is 7.45. The number of hydrogen-bond donors (Lipinski definition) is 1. The first-order valence-electron chi connectivity index (χ1n) is 10.0. The Balaban J connectivity index is 1.24. The number of benzene rings is 2. The Morgan fingerprint density at radius 3 is 2.48 bits per heavy atom. The normalized spacial score (nSPS) is 13.2. The molecule has 1 aliphatic heterocycles. The Kier molecular flexibility index (Phi) is 6.22. The maximum Gasteiger partial charge on any atom is 0.410 e. The van der Waals surface area contributed by atoms with Crippen molar-refractivity contribution in [2.45, 2.75) is 32.7 Å². The molecule has 4 rings (SSSR count). The maximum absolute atomic E-state index is 12.4. The van der Waals surface area contributed by atoms with Crippen LogP contribution in [0.3, 0.4) is 0 Å². The van der Waals surface area contributed by atoms with Gasteiger partial charge in [0.05, 0.1) is 24.5 Å². The van der Waals surface area contributed by atoms with Gasteiger partial charge in [-0.3, -0.25) is 4.68 Å². The molecule has 1 amide bonds. The average Bonchev–Trinajstić information content (AvgIpc) is 3.18. The summed E-state index contributed by atoms with van der Waals surface area (Å²) in [5.41, 5.74) is 4.38. The Bertz CT molecular complexity index is 925. The number of fused-ring (bicyclic) bond motifs is 1. The van der Waals surface area contributed by atoms with E-state index >= 15 is 0 Å². The molecule has 0 radical (unpaired) electrons. The molecule has 2 aromatic carbocycles. The van der Waals surface area contributed by atoms with Crippen LogP contribution in [0.25, 0.3) is 0 Å². The maximum atomic E-state index is 12.4. The number of nitrogens with zero attached hydrogens (tertiary/aromatic N) is 3. The van der Waals surface area contributed by atoms with Gasteiger partial charge in [0.1, 0.15) is 6.61 Å². The summed E-state index contributed by atoms with van der Waals surface area (Å²) in [6, 6.07) is 22.3. The van der Waals surface area contributed by atoms with Crippen molar-refractivity contribution in [3.8, 4) is 0 Å². The third-order valence-corrected chi connectivity index (χ3v) is 5.05. The van der Waals surface area contributed by atoms with Gasteiger partial charge in [0.15, 0.2) is 0 Å². The van der Waals surface area contributed by atoms with Crippen molar-refractivity contribution in [3.05, 3.63) is 89.2 Å². The van der Waals surface area contributed by atoms with Crippen molar-refractivity contribution < 1.29 is 9.53 Å². The van der Waals surface area contributed by atoms with Crippen molar-refractivity contribution in [2.24, 2.45) is 0 Å². The fraction of sp³-hybridized carbons (Fsp3) is 0.304. The second-order valence-corrected chi connectivity index (χ2v) is 7.22. The number of ether oxygens (including phenoxy) is 1. The monoisotopic (exact) mass is 390 g/mol. The summed E-state index contributed by atoms with van der Waals surface area (Å²) >= 11 is 0. The number of amides is 1. The second-order valence-electron chi connectivity index (χ2n) is 7.22. The lowest BCUT2D eigenvalue weighted by Crippen LogP contribution is -2.38. The quantitative estimate of drug-likeness (QED) is 0.629. The van der Waals surface area contributed by atoms with Crippen LogP contribution in [0.4, 0.5) is 4.79 Å². The fourth-order valence-electron chi connectivity index (χ4n) is 3.47. The zero-order valence-electron chi connectivity index (χ0n) is 16.5. The molecule has 29 heavy (non-hydrogen) atoms. The van der Waals surface area contributed by atoms with Crippen LogP contribution in [0.15, 0.2) is 66.7 Å². The summed E-state index contributed by atoms with van der Waals surface area (Å²) in [6.45, 7) is 3.77. The predicted octanol–water partition coefficient (Wildman–Crippen LogP) is 3.37. The number of nitrogens with one attached hydrogen (secondary N) is 1. The molecule has 0 bridgehead atoms. The highest BCUT2D eigenvalue weighted by Gasteiger charge is 2.23. The topological polar surface area (TPSA) is 59.4 Å². The van der Waals surface area contributed by atoms with Crippen LogP contribution >= 0.6 is 0 Å². The lowest BCUT2D eigenvalue weighted by Gasteiger charge is -2.26. The van der Waals surface area contributed by atoms with Gasteiger partial charge in [-0.1, -0.05) is 60.7 Å². The second kappa shape index (κ2) is 9.39. The average molecular weight is 390 g/mol. The molecule has 6 heteroatoms. The summed E-state index contributed by atoms with van der Waals surface area (Å²) in [5.74, 6) is 0. The Morgan fingerprint density at radius 2 is 1.72 bits per heavy atom. The first-order chi connectivity index (χ1) is 14.3. The smallest absolute Gasteiger partial charge is 0.410 e. The van der Waals surface area contributed by atoms with E-state index in [4.69, 9.17) is 4.74 Å². The van der Waals surface area contributed by atoms with E-state index in [-0.39, 0.29) is 6.09 Å². The third-order valence-electron chi connectivity index (χ3n) is 5.05. The molecule has 2 heterocycles. The summed E-state index contributed by atoms with van der Waals surface area (Å²) in [6.07, 6.45) is 0.721. The number of carbonyl (C=O) groups is 1. The Labute approximate surface area is 171 Å². The van der Waals surface area contributed by atoms with Gasteiger partial charge in [0.25, 0.3) is 0 Å². The van der Waals surface area contributed by atoms with Gasteiger partial charge in [-0.05, 0) is 30.2 Å². The lowest BCUT2D eigenvalue weighted by molar-refractivity contribution is 0.0858. The number of aromatic nitrogens is 2. The number of hydrogen-bond acceptors (Lipinski definition) is 4. The highest BCUT2D eigenvalue weighted by molar-refractivity contribution is 5.67. The largest absolute Gasteiger partial charge is 0.445 e. The lowest BCUT2D eigenvalue weighted by atomic mass is 10.1. The van der Waals surface area contributed by atoms with E-state index < -0.39 is 0 Å². The first-order valence-corrected chi connectivity index (χ1v) is 10.0. The minimum atomic E-state index is -0.274. The molecule has 0 atom stereocenters. The van der Waals surface area contributed by atoms with Crippen molar-refractivity contribution in [1.29, 1.82) is 0 Å². The third kappa shape index (κ3) is 5.23. The fourth-order valence-corrected chi connectivity index (χ4v) is 3.47. The van der Waals surface area contributed by atoms with Gasteiger partial charge in [-0.25, -0.2) is 4.79 Å². The molecule has 0 aliphatic carbocycles. The molecule has 0 spiro atoms. The van der Waals surface area contributed by atoms with Crippen LogP contribution in [0.5, 0.6) is 0 Å². The molecule has 150 valence electrons. The molecule has 1 aromatic heterocycles. The summed E-state index contributed by atoms with van der Waals surface area (Å²) in [4.78, 5) is 14.1. The molecular formula is C23H26N4O2. The van der Waals surface area contributed by atoms with Crippen LogP contribution in [-0.4, -0.2) is 33.9 Å². The van der Waals surface area contributed by atoms with E-state index in [1.807, 2.05) is 41.1 Å². The van der Waals surface area contributed by atoms with Crippen LogP contribution in [-0.2, 0) is 37.4 Å². The van der Waals surface area contributed by atoms with Crippen molar-refractivity contribution in [1.82, 2.24) is 20.0 Å². The number of rotatable bonds is 7. The van der Waals surface area contributed by atoms with Crippen LogP contribution in [0, 0.1) is 0 Å². The minimum Gasteiger partial charge on any atom is -0.445 e. The highest BCUT2D eigenvalue weighted by atomic mass is 16.6. The molecule has 3 aromatic rings. The first kappa shape index (κ1) is 19.2. The van der Waals surface area contributed by atoms with Crippen LogP contribution < -0.4 is 5.32 Å².